The maximum Gasteiger partial charge on any atom is 0.251 e. The third kappa shape index (κ3) is 3.05. The molecule has 0 spiro atoms. The molecule has 1 aromatic rings. The van der Waals surface area contributed by atoms with E-state index in [9.17, 15) is 9.59 Å². The highest BCUT2D eigenvalue weighted by atomic mass is 35.5. The molecule has 4 nitrogen and oxygen atoms in total. The van der Waals surface area contributed by atoms with E-state index in [0.29, 0.717) is 21.5 Å². The molecule has 0 aromatic heterocycles. The van der Waals surface area contributed by atoms with Gasteiger partial charge in [0.15, 0.2) is 0 Å². The summed E-state index contributed by atoms with van der Waals surface area (Å²) in [5, 5.41) is 3.90. The van der Waals surface area contributed by atoms with Gasteiger partial charge in [-0.25, -0.2) is 0 Å². The average molecular weight is 283 g/mol. The summed E-state index contributed by atoms with van der Waals surface area (Å²) < 4.78 is 0. The fourth-order valence-corrected chi connectivity index (χ4v) is 2.59. The van der Waals surface area contributed by atoms with E-state index >= 15 is 0 Å². The number of nitrogens with one attached hydrogen (secondary N) is 1. The lowest BCUT2D eigenvalue weighted by atomic mass is 10.3. The number of carbonyl (C=O) groups is 2. The van der Waals surface area contributed by atoms with Gasteiger partial charge < -0.3 is 10.2 Å². The quantitative estimate of drug-likeness (QED) is 0.847. The highest BCUT2D eigenvalue weighted by Crippen LogP contribution is 2.26. The first-order valence-electron chi connectivity index (χ1n) is 5.24. The van der Waals surface area contributed by atoms with Crippen LogP contribution < -0.4 is 5.32 Å². The number of hydrogen-bond donors (Lipinski definition) is 1. The van der Waals surface area contributed by atoms with Crippen molar-refractivity contribution in [3.8, 4) is 0 Å². The van der Waals surface area contributed by atoms with Crippen molar-refractivity contribution in [1.82, 2.24) is 4.90 Å². The maximum absolute atomic E-state index is 11.8. The van der Waals surface area contributed by atoms with E-state index < -0.39 is 0 Å². The lowest BCUT2D eigenvalue weighted by Gasteiger charge is -2.09. The van der Waals surface area contributed by atoms with Crippen LogP contribution in [0.5, 0.6) is 0 Å². The molecule has 2 rings (SSSR count). The Labute approximate surface area is 114 Å². The van der Waals surface area contributed by atoms with Crippen molar-refractivity contribution in [2.45, 2.75) is 0 Å². The minimum Gasteiger partial charge on any atom is -0.322 e. The standard InChI is InChI=1S/C12H11ClN2O2S/c1-15-11(17)7-18-12(15)6-10(16)14-9-4-2-3-8(13)5-9/h2-6H,7H2,1H3,(H,14,16). The molecule has 1 N–H and O–H groups in total. The second-order valence-electron chi connectivity index (χ2n) is 3.72. The van der Waals surface area contributed by atoms with E-state index in [-0.39, 0.29) is 11.8 Å². The van der Waals surface area contributed by atoms with Crippen LogP contribution in [-0.4, -0.2) is 29.5 Å². The Morgan fingerprint density at radius 1 is 1.56 bits per heavy atom. The third-order valence-electron chi connectivity index (χ3n) is 2.39. The first-order chi connectivity index (χ1) is 8.56. The van der Waals surface area contributed by atoms with Crippen LogP contribution in [0.4, 0.5) is 5.69 Å². The Kier molecular flexibility index (Phi) is 3.93. The predicted octanol–water partition coefficient (Wildman–Crippen LogP) is 2.33. The first kappa shape index (κ1) is 13.0. The summed E-state index contributed by atoms with van der Waals surface area (Å²) in [4.78, 5) is 24.5. The lowest BCUT2D eigenvalue weighted by molar-refractivity contribution is -0.124. The minimum atomic E-state index is -0.277. The van der Waals surface area contributed by atoms with Crippen LogP contribution in [0.1, 0.15) is 0 Å². The van der Waals surface area contributed by atoms with Crippen molar-refractivity contribution in [1.29, 1.82) is 0 Å². The maximum atomic E-state index is 11.8. The van der Waals surface area contributed by atoms with Crippen LogP contribution in [0.2, 0.25) is 5.02 Å². The van der Waals surface area contributed by atoms with Gasteiger partial charge in [0.1, 0.15) is 0 Å². The summed E-state index contributed by atoms with van der Waals surface area (Å²) in [5.74, 6) is 0.107. The molecule has 6 heteroatoms. The summed E-state index contributed by atoms with van der Waals surface area (Å²) in [6.07, 6.45) is 1.41. The van der Waals surface area contributed by atoms with E-state index in [0.717, 1.165) is 0 Å². The van der Waals surface area contributed by atoms with Crippen molar-refractivity contribution >= 4 is 40.9 Å². The highest BCUT2D eigenvalue weighted by molar-refractivity contribution is 8.04. The van der Waals surface area contributed by atoms with Gasteiger partial charge in [0.2, 0.25) is 5.91 Å². The van der Waals surface area contributed by atoms with E-state index in [2.05, 4.69) is 5.32 Å². The molecular formula is C12H11ClN2O2S. The number of carbonyl (C=O) groups excluding carboxylic acids is 2. The minimum absolute atomic E-state index is 0.00167. The number of nitrogens with zero attached hydrogens (tertiary/aromatic N) is 1. The molecule has 1 fully saturated rings. The van der Waals surface area contributed by atoms with Gasteiger partial charge in [-0.05, 0) is 18.2 Å². The average Bonchev–Trinajstić information content (AvgIpc) is 2.61. The summed E-state index contributed by atoms with van der Waals surface area (Å²) in [6.45, 7) is 0. The number of amides is 2. The van der Waals surface area contributed by atoms with Gasteiger partial charge in [0, 0.05) is 23.8 Å². The summed E-state index contributed by atoms with van der Waals surface area (Å²) in [6, 6.07) is 6.90. The zero-order chi connectivity index (χ0) is 13.1. The smallest absolute Gasteiger partial charge is 0.251 e. The molecule has 94 valence electrons. The Morgan fingerprint density at radius 3 is 2.94 bits per heavy atom. The van der Waals surface area contributed by atoms with Crippen molar-refractivity contribution in [3.63, 3.8) is 0 Å². The van der Waals surface area contributed by atoms with Gasteiger partial charge in [0.05, 0.1) is 10.8 Å². The van der Waals surface area contributed by atoms with Crippen LogP contribution in [0, 0.1) is 0 Å². The summed E-state index contributed by atoms with van der Waals surface area (Å²) >= 11 is 7.17. The van der Waals surface area contributed by atoms with Gasteiger partial charge in [-0.1, -0.05) is 29.4 Å². The fraction of sp³-hybridized carbons (Fsp3) is 0.167. The van der Waals surface area contributed by atoms with Crippen molar-refractivity contribution < 1.29 is 9.59 Å². The van der Waals surface area contributed by atoms with Crippen LogP contribution >= 0.6 is 23.4 Å². The second-order valence-corrected chi connectivity index (χ2v) is 5.16. The molecular weight excluding hydrogens is 272 g/mol. The Morgan fingerprint density at radius 2 is 2.33 bits per heavy atom. The van der Waals surface area contributed by atoms with Gasteiger partial charge in [0.25, 0.3) is 5.91 Å². The lowest BCUT2D eigenvalue weighted by Crippen LogP contribution is -2.20. The zero-order valence-corrected chi connectivity index (χ0v) is 11.2. The SMILES string of the molecule is CN1C(=O)CSC1=CC(=O)Nc1cccc(Cl)c1. The van der Waals surface area contributed by atoms with Gasteiger partial charge in [-0.15, -0.1) is 0 Å². The molecule has 0 atom stereocenters. The molecule has 1 saturated heterocycles. The van der Waals surface area contributed by atoms with E-state index in [1.807, 2.05) is 0 Å². The topological polar surface area (TPSA) is 49.4 Å². The molecule has 1 aliphatic heterocycles. The number of benzene rings is 1. The van der Waals surface area contributed by atoms with E-state index in [4.69, 9.17) is 11.6 Å². The number of thioether (sulfide) groups is 1. The van der Waals surface area contributed by atoms with Crippen molar-refractivity contribution in [3.05, 3.63) is 40.4 Å². The van der Waals surface area contributed by atoms with Crippen molar-refractivity contribution in [2.24, 2.45) is 0 Å². The molecule has 1 aliphatic rings. The second kappa shape index (κ2) is 5.46. The van der Waals surface area contributed by atoms with E-state index in [1.165, 1.54) is 22.7 Å². The third-order valence-corrected chi connectivity index (χ3v) is 3.71. The number of halogens is 1. The van der Waals surface area contributed by atoms with Gasteiger partial charge in [-0.3, -0.25) is 9.59 Å². The monoisotopic (exact) mass is 282 g/mol. The Hall–Kier alpha value is -1.46. The molecule has 18 heavy (non-hydrogen) atoms. The van der Waals surface area contributed by atoms with Gasteiger partial charge in [-0.2, -0.15) is 0 Å². The summed E-state index contributed by atoms with van der Waals surface area (Å²) in [7, 11) is 1.65. The van der Waals surface area contributed by atoms with E-state index in [1.54, 1.807) is 31.3 Å². The van der Waals surface area contributed by atoms with Crippen LogP contribution in [0.3, 0.4) is 0 Å². The van der Waals surface area contributed by atoms with Crippen LogP contribution in [0.25, 0.3) is 0 Å². The molecule has 1 heterocycles. The van der Waals surface area contributed by atoms with Crippen LogP contribution in [-0.2, 0) is 9.59 Å². The number of hydrogen-bond acceptors (Lipinski definition) is 3. The first-order valence-corrected chi connectivity index (χ1v) is 6.60. The highest BCUT2D eigenvalue weighted by Gasteiger charge is 2.23. The van der Waals surface area contributed by atoms with Crippen molar-refractivity contribution in [2.75, 3.05) is 18.1 Å². The van der Waals surface area contributed by atoms with Gasteiger partial charge >= 0.3 is 0 Å². The number of rotatable bonds is 2. The zero-order valence-electron chi connectivity index (χ0n) is 9.64. The molecule has 0 aliphatic carbocycles. The fourth-order valence-electron chi connectivity index (χ4n) is 1.45. The molecule has 1 aromatic carbocycles. The molecule has 2 amide bonds. The normalized spacial score (nSPS) is 17.3. The largest absolute Gasteiger partial charge is 0.322 e. The summed E-state index contributed by atoms with van der Waals surface area (Å²) in [5.41, 5.74) is 0.626. The van der Waals surface area contributed by atoms with Crippen LogP contribution in [0.15, 0.2) is 35.4 Å². The molecule has 0 saturated carbocycles. The molecule has 0 bridgehead atoms. The number of anilines is 1. The molecule has 0 unspecified atom stereocenters. The Balaban J connectivity index is 2.05. The predicted molar refractivity (Wildman–Crippen MR) is 73.4 cm³/mol. The Bertz CT molecular complexity index is 531. The molecule has 0 radical (unpaired) electrons.